The predicted molar refractivity (Wildman–Crippen MR) is 135 cm³/mol. The van der Waals surface area contributed by atoms with Gasteiger partial charge in [0.2, 0.25) is 0 Å². The normalized spacial score (nSPS) is 14.0. The summed E-state index contributed by atoms with van der Waals surface area (Å²) in [5.41, 5.74) is 4.26. The Kier molecular flexibility index (Phi) is 8.28. The molecule has 6 heteroatoms. The zero-order valence-corrected chi connectivity index (χ0v) is 19.8. The molecule has 3 aromatic carbocycles. The molecule has 0 aliphatic carbocycles. The van der Waals surface area contributed by atoms with Crippen molar-refractivity contribution in [3.8, 4) is 11.5 Å². The maximum Gasteiger partial charge on any atom is 0.262 e. The first-order chi connectivity index (χ1) is 16.2. The molecule has 1 heterocycles. The van der Waals surface area contributed by atoms with Gasteiger partial charge in [0, 0.05) is 36.8 Å². The number of nitrogens with zero attached hydrogens (tertiary/aromatic N) is 1. The summed E-state index contributed by atoms with van der Waals surface area (Å²) in [5.74, 6) is 3.35. The van der Waals surface area contributed by atoms with E-state index in [2.05, 4.69) is 23.2 Å². The van der Waals surface area contributed by atoms with Crippen molar-refractivity contribution in [2.75, 3.05) is 36.5 Å². The van der Waals surface area contributed by atoms with Gasteiger partial charge in [0.25, 0.3) is 5.91 Å². The number of amides is 1. The van der Waals surface area contributed by atoms with Gasteiger partial charge in [-0.3, -0.25) is 9.69 Å². The third-order valence-electron chi connectivity index (χ3n) is 5.66. The van der Waals surface area contributed by atoms with E-state index in [1.165, 1.54) is 17.1 Å². The number of thioether (sulfide) groups is 1. The fraction of sp³-hybridized carbons (Fsp3) is 0.296. The molecule has 33 heavy (non-hydrogen) atoms. The van der Waals surface area contributed by atoms with Crippen LogP contribution in [0.4, 0.5) is 5.69 Å². The van der Waals surface area contributed by atoms with Crippen LogP contribution in [-0.4, -0.2) is 42.0 Å². The lowest BCUT2D eigenvalue weighted by atomic mass is 10.1. The van der Waals surface area contributed by atoms with Crippen LogP contribution in [0.1, 0.15) is 16.7 Å². The standard InChI is InChI=1S/C27H30N2O3S/c1-21-23(18-29-14-16-33-17-15-29)10-7-11-24(21)28-27(30)20-32-26-13-6-5-12-25(26)31-19-22-8-3-2-4-9-22/h2-13H,14-20H2,1H3,(H,28,30). The van der Waals surface area contributed by atoms with Crippen LogP contribution in [0.15, 0.2) is 72.8 Å². The van der Waals surface area contributed by atoms with E-state index in [0.717, 1.165) is 36.4 Å². The quantitative estimate of drug-likeness (QED) is 0.477. The minimum atomic E-state index is -0.192. The first kappa shape index (κ1) is 23.2. The zero-order valence-electron chi connectivity index (χ0n) is 19.0. The molecule has 172 valence electrons. The van der Waals surface area contributed by atoms with Gasteiger partial charge in [-0.05, 0) is 41.8 Å². The Labute approximate surface area is 200 Å². The molecule has 0 radical (unpaired) electrons. The molecule has 0 aromatic heterocycles. The van der Waals surface area contributed by atoms with Crippen molar-refractivity contribution in [1.82, 2.24) is 4.90 Å². The fourth-order valence-corrected chi connectivity index (χ4v) is 4.72. The van der Waals surface area contributed by atoms with Crippen LogP contribution in [0.3, 0.4) is 0 Å². The largest absolute Gasteiger partial charge is 0.485 e. The minimum Gasteiger partial charge on any atom is -0.485 e. The van der Waals surface area contributed by atoms with Gasteiger partial charge < -0.3 is 14.8 Å². The molecule has 0 atom stereocenters. The molecule has 1 aliphatic heterocycles. The molecular formula is C27H30N2O3S. The maximum atomic E-state index is 12.6. The molecule has 1 fully saturated rings. The van der Waals surface area contributed by atoms with E-state index in [1.807, 2.05) is 78.5 Å². The minimum absolute atomic E-state index is 0.0846. The predicted octanol–water partition coefficient (Wildman–Crippen LogP) is 5.14. The number of anilines is 1. The van der Waals surface area contributed by atoms with Gasteiger partial charge in [-0.2, -0.15) is 11.8 Å². The number of hydrogen-bond acceptors (Lipinski definition) is 5. The van der Waals surface area contributed by atoms with E-state index in [4.69, 9.17) is 9.47 Å². The topological polar surface area (TPSA) is 50.8 Å². The highest BCUT2D eigenvalue weighted by Gasteiger charge is 2.14. The number of rotatable bonds is 9. The number of carbonyl (C=O) groups is 1. The van der Waals surface area contributed by atoms with Crippen LogP contribution >= 0.6 is 11.8 Å². The Morgan fingerprint density at radius 3 is 2.36 bits per heavy atom. The molecule has 3 aromatic rings. The summed E-state index contributed by atoms with van der Waals surface area (Å²) in [6, 6.07) is 23.5. The van der Waals surface area contributed by atoms with Gasteiger partial charge in [0.1, 0.15) is 6.61 Å². The van der Waals surface area contributed by atoms with Crippen molar-refractivity contribution in [2.45, 2.75) is 20.1 Å². The van der Waals surface area contributed by atoms with E-state index in [-0.39, 0.29) is 12.5 Å². The number of carbonyl (C=O) groups excluding carboxylic acids is 1. The molecule has 1 amide bonds. The molecule has 1 saturated heterocycles. The van der Waals surface area contributed by atoms with Crippen LogP contribution in [0.25, 0.3) is 0 Å². The van der Waals surface area contributed by atoms with Gasteiger partial charge >= 0.3 is 0 Å². The summed E-state index contributed by atoms with van der Waals surface area (Å²) in [6.07, 6.45) is 0. The Balaban J connectivity index is 1.33. The molecule has 0 saturated carbocycles. The molecular weight excluding hydrogens is 432 g/mol. The van der Waals surface area contributed by atoms with Crippen molar-refractivity contribution in [3.63, 3.8) is 0 Å². The SMILES string of the molecule is Cc1c(CN2CCSCC2)cccc1NC(=O)COc1ccccc1OCc1ccccc1. The number of ether oxygens (including phenoxy) is 2. The van der Waals surface area contributed by atoms with Gasteiger partial charge in [-0.1, -0.05) is 54.6 Å². The molecule has 4 rings (SSSR count). The molecule has 0 unspecified atom stereocenters. The first-order valence-corrected chi connectivity index (χ1v) is 12.4. The Bertz CT molecular complexity index is 1050. The summed E-state index contributed by atoms with van der Waals surface area (Å²) >= 11 is 2.01. The monoisotopic (exact) mass is 462 g/mol. The van der Waals surface area contributed by atoms with E-state index in [1.54, 1.807) is 0 Å². The summed E-state index contributed by atoms with van der Waals surface area (Å²) in [5, 5.41) is 3.01. The van der Waals surface area contributed by atoms with Crippen LogP contribution in [0, 0.1) is 6.92 Å². The smallest absolute Gasteiger partial charge is 0.262 e. The van der Waals surface area contributed by atoms with Crippen LogP contribution in [0.5, 0.6) is 11.5 Å². The lowest BCUT2D eigenvalue weighted by Crippen LogP contribution is -2.32. The van der Waals surface area contributed by atoms with Gasteiger partial charge in [0.05, 0.1) is 0 Å². The molecule has 5 nitrogen and oxygen atoms in total. The lowest BCUT2D eigenvalue weighted by molar-refractivity contribution is -0.118. The van der Waals surface area contributed by atoms with Crippen LogP contribution in [-0.2, 0) is 17.9 Å². The fourth-order valence-electron chi connectivity index (χ4n) is 3.74. The highest BCUT2D eigenvalue weighted by molar-refractivity contribution is 7.99. The Morgan fingerprint density at radius 2 is 1.61 bits per heavy atom. The van der Waals surface area contributed by atoms with Gasteiger partial charge in [0.15, 0.2) is 18.1 Å². The number of para-hydroxylation sites is 2. The van der Waals surface area contributed by atoms with Crippen molar-refractivity contribution in [3.05, 3.63) is 89.5 Å². The van der Waals surface area contributed by atoms with Crippen molar-refractivity contribution < 1.29 is 14.3 Å². The first-order valence-electron chi connectivity index (χ1n) is 11.3. The van der Waals surface area contributed by atoms with Crippen LogP contribution in [0.2, 0.25) is 0 Å². The maximum absolute atomic E-state index is 12.6. The zero-order chi connectivity index (χ0) is 22.9. The summed E-state index contributed by atoms with van der Waals surface area (Å²) in [4.78, 5) is 15.1. The van der Waals surface area contributed by atoms with Crippen LogP contribution < -0.4 is 14.8 Å². The summed E-state index contributed by atoms with van der Waals surface area (Å²) in [6.45, 7) is 5.56. The molecule has 1 aliphatic rings. The second-order valence-electron chi connectivity index (χ2n) is 8.04. The summed E-state index contributed by atoms with van der Waals surface area (Å²) in [7, 11) is 0. The number of hydrogen-bond donors (Lipinski definition) is 1. The second-order valence-corrected chi connectivity index (χ2v) is 9.26. The van der Waals surface area contributed by atoms with Crippen molar-refractivity contribution in [1.29, 1.82) is 0 Å². The summed E-state index contributed by atoms with van der Waals surface area (Å²) < 4.78 is 11.7. The second kappa shape index (κ2) is 11.8. The highest BCUT2D eigenvalue weighted by Crippen LogP contribution is 2.27. The lowest BCUT2D eigenvalue weighted by Gasteiger charge is -2.27. The van der Waals surface area contributed by atoms with Crippen molar-refractivity contribution in [2.24, 2.45) is 0 Å². The van der Waals surface area contributed by atoms with Crippen molar-refractivity contribution >= 4 is 23.4 Å². The molecule has 0 bridgehead atoms. The van der Waals surface area contributed by atoms with E-state index in [0.29, 0.717) is 18.1 Å². The van der Waals surface area contributed by atoms with Gasteiger partial charge in [-0.25, -0.2) is 0 Å². The third-order valence-corrected chi connectivity index (χ3v) is 6.61. The Morgan fingerprint density at radius 1 is 0.909 bits per heavy atom. The number of nitrogens with one attached hydrogen (secondary N) is 1. The highest BCUT2D eigenvalue weighted by atomic mass is 32.2. The van der Waals surface area contributed by atoms with Gasteiger partial charge in [-0.15, -0.1) is 0 Å². The third kappa shape index (κ3) is 6.76. The van der Waals surface area contributed by atoms with E-state index >= 15 is 0 Å². The average molecular weight is 463 g/mol. The average Bonchev–Trinajstić information content (AvgIpc) is 2.86. The Hall–Kier alpha value is -2.96. The number of benzene rings is 3. The molecule has 0 spiro atoms. The van der Waals surface area contributed by atoms with E-state index in [9.17, 15) is 4.79 Å². The van der Waals surface area contributed by atoms with E-state index < -0.39 is 0 Å². The molecule has 1 N–H and O–H groups in total.